The van der Waals surface area contributed by atoms with Crippen molar-refractivity contribution in [3.8, 4) is 0 Å². The molecule has 1 aliphatic rings. The van der Waals surface area contributed by atoms with E-state index in [0.29, 0.717) is 36.7 Å². The summed E-state index contributed by atoms with van der Waals surface area (Å²) in [6, 6.07) is 4.18. The molecule has 1 heterocycles. The first-order chi connectivity index (χ1) is 7.66. The number of nitrogens with two attached hydrogens (primary N) is 2. The molecule has 0 bridgehead atoms. The summed E-state index contributed by atoms with van der Waals surface area (Å²) in [6.45, 7) is 0.823. The van der Waals surface area contributed by atoms with Crippen LogP contribution in [0, 0.1) is 5.82 Å². The SMILES string of the molecule is NC1=N[C@H](c2cc(N)ccc2F)CCOC1. The highest BCUT2D eigenvalue weighted by atomic mass is 19.1. The molecule has 1 atom stereocenters. The van der Waals surface area contributed by atoms with Crippen molar-refractivity contribution in [2.45, 2.75) is 12.5 Å². The van der Waals surface area contributed by atoms with E-state index >= 15 is 0 Å². The summed E-state index contributed by atoms with van der Waals surface area (Å²) in [5.74, 6) is 0.0852. The van der Waals surface area contributed by atoms with E-state index in [-0.39, 0.29) is 11.9 Å². The van der Waals surface area contributed by atoms with E-state index in [1.54, 1.807) is 6.07 Å². The summed E-state index contributed by atoms with van der Waals surface area (Å²) >= 11 is 0. The van der Waals surface area contributed by atoms with E-state index in [2.05, 4.69) is 4.99 Å². The molecule has 86 valence electrons. The van der Waals surface area contributed by atoms with Crippen molar-refractivity contribution in [3.63, 3.8) is 0 Å². The van der Waals surface area contributed by atoms with Crippen LogP contribution in [0.25, 0.3) is 0 Å². The predicted octanol–water partition coefficient (Wildman–Crippen LogP) is 1.23. The van der Waals surface area contributed by atoms with Crippen molar-refractivity contribution >= 4 is 11.5 Å². The first-order valence-electron chi connectivity index (χ1n) is 5.11. The minimum atomic E-state index is -0.308. The molecule has 0 fully saturated rings. The number of anilines is 1. The molecule has 0 amide bonds. The van der Waals surface area contributed by atoms with Crippen LogP contribution in [0.1, 0.15) is 18.0 Å². The highest BCUT2D eigenvalue weighted by Crippen LogP contribution is 2.27. The van der Waals surface area contributed by atoms with Crippen LogP contribution < -0.4 is 11.5 Å². The standard InChI is InChI=1S/C11H14FN3O/c12-9-2-1-7(13)5-8(9)10-3-4-16-6-11(14)15-10/h1-2,5,10H,3-4,6,13H2,(H2,14,15)/t10-/m0/s1. The zero-order chi connectivity index (χ0) is 11.5. The summed E-state index contributed by atoms with van der Waals surface area (Å²) in [5.41, 5.74) is 12.3. The largest absolute Gasteiger partial charge is 0.399 e. The maximum Gasteiger partial charge on any atom is 0.128 e. The molecular weight excluding hydrogens is 209 g/mol. The second-order valence-electron chi connectivity index (χ2n) is 3.76. The molecule has 0 unspecified atom stereocenters. The molecule has 4 N–H and O–H groups in total. The van der Waals surface area contributed by atoms with Crippen LogP contribution in [0.2, 0.25) is 0 Å². The average Bonchev–Trinajstić information content (AvgIpc) is 2.46. The van der Waals surface area contributed by atoms with Crippen molar-refractivity contribution in [2.75, 3.05) is 18.9 Å². The van der Waals surface area contributed by atoms with Gasteiger partial charge in [0.15, 0.2) is 0 Å². The molecule has 1 aromatic rings. The first-order valence-corrected chi connectivity index (χ1v) is 5.11. The van der Waals surface area contributed by atoms with Gasteiger partial charge in [-0.15, -0.1) is 0 Å². The average molecular weight is 223 g/mol. The molecule has 0 saturated heterocycles. The Morgan fingerprint density at radius 1 is 1.38 bits per heavy atom. The molecule has 0 saturated carbocycles. The normalized spacial score (nSPS) is 21.3. The summed E-state index contributed by atoms with van der Waals surface area (Å²) in [7, 11) is 0. The van der Waals surface area contributed by atoms with Crippen molar-refractivity contribution in [1.82, 2.24) is 0 Å². The number of halogens is 1. The molecule has 16 heavy (non-hydrogen) atoms. The lowest BCUT2D eigenvalue weighted by molar-refractivity contribution is 0.169. The molecule has 0 aliphatic carbocycles. The van der Waals surface area contributed by atoms with Crippen LogP contribution in [0.4, 0.5) is 10.1 Å². The third-order valence-corrected chi connectivity index (χ3v) is 2.49. The van der Waals surface area contributed by atoms with Crippen LogP contribution in [0.15, 0.2) is 23.2 Å². The first kappa shape index (κ1) is 10.9. The summed E-state index contributed by atoms with van der Waals surface area (Å²) in [4.78, 5) is 4.22. The minimum absolute atomic E-state index is 0.300. The van der Waals surface area contributed by atoms with Crippen molar-refractivity contribution in [3.05, 3.63) is 29.6 Å². The molecule has 5 heteroatoms. The van der Waals surface area contributed by atoms with Gasteiger partial charge in [0.25, 0.3) is 0 Å². The summed E-state index contributed by atoms with van der Waals surface area (Å²) in [6.07, 6.45) is 0.612. The summed E-state index contributed by atoms with van der Waals surface area (Å²) in [5, 5.41) is 0. The van der Waals surface area contributed by atoms with Gasteiger partial charge in [-0.05, 0) is 24.6 Å². The van der Waals surface area contributed by atoms with Gasteiger partial charge >= 0.3 is 0 Å². The van der Waals surface area contributed by atoms with Crippen molar-refractivity contribution < 1.29 is 9.13 Å². The maximum absolute atomic E-state index is 13.6. The van der Waals surface area contributed by atoms with Gasteiger partial charge in [0.05, 0.1) is 6.04 Å². The Morgan fingerprint density at radius 2 is 2.19 bits per heavy atom. The highest BCUT2D eigenvalue weighted by Gasteiger charge is 2.18. The Hall–Kier alpha value is -1.62. The van der Waals surface area contributed by atoms with E-state index in [1.807, 2.05) is 0 Å². The number of rotatable bonds is 1. The van der Waals surface area contributed by atoms with Gasteiger partial charge in [-0.3, -0.25) is 4.99 Å². The van der Waals surface area contributed by atoms with Gasteiger partial charge in [-0.25, -0.2) is 4.39 Å². The van der Waals surface area contributed by atoms with Gasteiger partial charge in [0.2, 0.25) is 0 Å². The molecule has 4 nitrogen and oxygen atoms in total. The zero-order valence-corrected chi connectivity index (χ0v) is 8.82. The number of amidine groups is 1. The van der Waals surface area contributed by atoms with Gasteiger partial charge in [-0.2, -0.15) is 0 Å². The maximum atomic E-state index is 13.6. The topological polar surface area (TPSA) is 73.6 Å². The number of aliphatic imine (C=N–C) groups is 1. The van der Waals surface area contributed by atoms with Crippen molar-refractivity contribution in [1.29, 1.82) is 0 Å². The second-order valence-corrected chi connectivity index (χ2v) is 3.76. The Balaban J connectivity index is 2.34. The lowest BCUT2D eigenvalue weighted by Gasteiger charge is -2.12. The third-order valence-electron chi connectivity index (χ3n) is 2.49. The van der Waals surface area contributed by atoms with E-state index in [0.717, 1.165) is 0 Å². The van der Waals surface area contributed by atoms with Gasteiger partial charge < -0.3 is 16.2 Å². The number of nitrogen functional groups attached to an aromatic ring is 1. The second kappa shape index (κ2) is 4.49. The molecular formula is C11H14FN3O. The van der Waals surface area contributed by atoms with E-state index in [9.17, 15) is 4.39 Å². The zero-order valence-electron chi connectivity index (χ0n) is 8.82. The lowest BCUT2D eigenvalue weighted by Crippen LogP contribution is -2.17. The smallest absolute Gasteiger partial charge is 0.128 e. The predicted molar refractivity (Wildman–Crippen MR) is 60.6 cm³/mol. The van der Waals surface area contributed by atoms with E-state index in [1.165, 1.54) is 12.1 Å². The Kier molecular flexibility index (Phi) is 3.05. The Labute approximate surface area is 93.1 Å². The molecule has 0 spiro atoms. The lowest BCUT2D eigenvalue weighted by atomic mass is 10.0. The third kappa shape index (κ3) is 2.30. The van der Waals surface area contributed by atoms with E-state index in [4.69, 9.17) is 16.2 Å². The molecule has 1 aromatic carbocycles. The fraction of sp³-hybridized carbons (Fsp3) is 0.364. The van der Waals surface area contributed by atoms with Gasteiger partial charge in [0.1, 0.15) is 18.3 Å². The van der Waals surface area contributed by atoms with Gasteiger partial charge in [-0.1, -0.05) is 0 Å². The Bertz CT molecular complexity index is 420. The monoisotopic (exact) mass is 223 g/mol. The quantitative estimate of drug-likeness (QED) is 0.703. The number of hydrogen-bond donors (Lipinski definition) is 2. The molecule has 2 rings (SSSR count). The van der Waals surface area contributed by atoms with E-state index < -0.39 is 0 Å². The summed E-state index contributed by atoms with van der Waals surface area (Å²) < 4.78 is 18.8. The Morgan fingerprint density at radius 3 is 3.00 bits per heavy atom. The number of benzene rings is 1. The fourth-order valence-electron chi connectivity index (χ4n) is 1.72. The number of nitrogens with zero attached hydrogens (tertiary/aromatic N) is 1. The molecule has 1 aliphatic heterocycles. The number of ether oxygens (including phenoxy) is 1. The van der Waals surface area contributed by atoms with Crippen LogP contribution in [0.5, 0.6) is 0 Å². The minimum Gasteiger partial charge on any atom is -0.399 e. The van der Waals surface area contributed by atoms with Crippen LogP contribution in [0.3, 0.4) is 0 Å². The highest BCUT2D eigenvalue weighted by molar-refractivity contribution is 5.82. The van der Waals surface area contributed by atoms with Crippen LogP contribution in [-0.4, -0.2) is 19.0 Å². The number of hydrogen-bond acceptors (Lipinski definition) is 4. The van der Waals surface area contributed by atoms with Crippen LogP contribution >= 0.6 is 0 Å². The van der Waals surface area contributed by atoms with Crippen LogP contribution in [-0.2, 0) is 4.74 Å². The van der Waals surface area contributed by atoms with Gasteiger partial charge in [0, 0.05) is 17.9 Å². The fourth-order valence-corrected chi connectivity index (χ4v) is 1.72. The van der Waals surface area contributed by atoms with Crippen molar-refractivity contribution in [2.24, 2.45) is 10.7 Å². The molecule has 0 aromatic heterocycles. The molecule has 0 radical (unpaired) electrons.